The van der Waals surface area contributed by atoms with Crippen LogP contribution >= 0.6 is 0 Å². The highest BCUT2D eigenvalue weighted by atomic mass is 19.1. The van der Waals surface area contributed by atoms with Crippen LogP contribution in [0.4, 0.5) is 10.1 Å². The van der Waals surface area contributed by atoms with Crippen LogP contribution in [0.2, 0.25) is 0 Å². The summed E-state index contributed by atoms with van der Waals surface area (Å²) in [6.07, 6.45) is 0.465. The van der Waals surface area contributed by atoms with Gasteiger partial charge < -0.3 is 5.32 Å². The molecule has 3 rings (SSSR count). The van der Waals surface area contributed by atoms with Gasteiger partial charge in [-0.2, -0.15) is 4.80 Å². The normalized spacial score (nSPS) is 12.5. The first kappa shape index (κ1) is 26.0. The number of carbonyl (C=O) groups excluding carboxylic acids is 2. The molecule has 1 aromatic heterocycles. The number of aromatic nitrogens is 4. The average molecular weight is 481 g/mol. The fourth-order valence-corrected chi connectivity index (χ4v) is 3.69. The largest absolute Gasteiger partial charge is 0.350 e. The van der Waals surface area contributed by atoms with Crippen LogP contribution in [0.5, 0.6) is 0 Å². The third kappa shape index (κ3) is 6.94. The summed E-state index contributed by atoms with van der Waals surface area (Å²) < 4.78 is 14.1. The summed E-state index contributed by atoms with van der Waals surface area (Å²) in [5.41, 5.74) is 1.37. The summed E-state index contributed by atoms with van der Waals surface area (Å²) in [7, 11) is 0. The van der Waals surface area contributed by atoms with Crippen LogP contribution in [0.25, 0.3) is 11.4 Å². The standard InChI is InChI=1S/C26H33FN6O2/c1-17(2)15-22(25(35)28-26(4,5)6)33(19-13-11-18(3)12-14-19)23(34)16-32-30-24(29-31-32)20-9-7-8-10-21(20)27/h7-14,17,22H,15-16H2,1-6H3,(H,28,35)/t22-/m1/s1. The van der Waals surface area contributed by atoms with Gasteiger partial charge in [-0.3, -0.25) is 14.5 Å². The van der Waals surface area contributed by atoms with E-state index in [0.717, 1.165) is 10.4 Å². The lowest BCUT2D eigenvalue weighted by Crippen LogP contribution is -2.55. The van der Waals surface area contributed by atoms with Crippen molar-refractivity contribution < 1.29 is 14.0 Å². The van der Waals surface area contributed by atoms with Gasteiger partial charge in [0.05, 0.1) is 5.56 Å². The Bertz CT molecular complexity index is 1170. The van der Waals surface area contributed by atoms with Crippen LogP contribution in [-0.2, 0) is 16.1 Å². The van der Waals surface area contributed by atoms with Crippen molar-refractivity contribution in [3.05, 3.63) is 59.9 Å². The molecule has 0 aliphatic carbocycles. The van der Waals surface area contributed by atoms with Crippen molar-refractivity contribution in [2.75, 3.05) is 4.90 Å². The minimum atomic E-state index is -0.737. The van der Waals surface area contributed by atoms with Crippen LogP contribution in [0.15, 0.2) is 48.5 Å². The van der Waals surface area contributed by atoms with Crippen molar-refractivity contribution in [1.82, 2.24) is 25.5 Å². The number of nitrogens with one attached hydrogen (secondary N) is 1. The molecule has 2 amide bonds. The highest BCUT2D eigenvalue weighted by Crippen LogP contribution is 2.24. The van der Waals surface area contributed by atoms with Gasteiger partial charge in [-0.25, -0.2) is 4.39 Å². The molecule has 186 valence electrons. The SMILES string of the molecule is Cc1ccc(N(C(=O)Cn2nnc(-c3ccccc3F)n2)[C@H](CC(C)C)C(=O)NC(C)(C)C)cc1. The van der Waals surface area contributed by atoms with Gasteiger partial charge >= 0.3 is 0 Å². The van der Waals surface area contributed by atoms with Crippen molar-refractivity contribution in [3.63, 3.8) is 0 Å². The molecule has 9 heteroatoms. The molecule has 3 aromatic rings. The van der Waals surface area contributed by atoms with Crippen LogP contribution < -0.4 is 10.2 Å². The topological polar surface area (TPSA) is 93.0 Å². The molecule has 35 heavy (non-hydrogen) atoms. The minimum absolute atomic E-state index is 0.0852. The van der Waals surface area contributed by atoms with Gasteiger partial charge in [-0.1, -0.05) is 43.7 Å². The molecule has 0 aliphatic heterocycles. The van der Waals surface area contributed by atoms with E-state index in [1.165, 1.54) is 11.0 Å². The van der Waals surface area contributed by atoms with Gasteiger partial charge in [0.25, 0.3) is 5.91 Å². The molecule has 0 fully saturated rings. The van der Waals surface area contributed by atoms with Gasteiger partial charge in [0.2, 0.25) is 11.7 Å². The van der Waals surface area contributed by atoms with E-state index in [1.807, 2.05) is 65.8 Å². The zero-order chi connectivity index (χ0) is 25.8. The Kier molecular flexibility index (Phi) is 7.99. The molecule has 0 radical (unpaired) electrons. The first-order valence-corrected chi connectivity index (χ1v) is 11.7. The van der Waals surface area contributed by atoms with Crippen LogP contribution in [0.1, 0.15) is 46.6 Å². The molecule has 8 nitrogen and oxygen atoms in total. The maximum absolute atomic E-state index is 14.1. The fraction of sp³-hybridized carbons (Fsp3) is 0.423. The Hall–Kier alpha value is -3.62. The Labute approximate surface area is 205 Å². The number of hydrogen-bond acceptors (Lipinski definition) is 5. The van der Waals surface area contributed by atoms with Crippen molar-refractivity contribution >= 4 is 17.5 Å². The number of amides is 2. The fourth-order valence-electron chi connectivity index (χ4n) is 3.69. The van der Waals surface area contributed by atoms with E-state index in [2.05, 4.69) is 20.7 Å². The van der Waals surface area contributed by atoms with E-state index in [9.17, 15) is 14.0 Å². The van der Waals surface area contributed by atoms with E-state index < -0.39 is 17.4 Å². The van der Waals surface area contributed by atoms with Crippen molar-refractivity contribution in [3.8, 4) is 11.4 Å². The van der Waals surface area contributed by atoms with E-state index in [-0.39, 0.29) is 35.7 Å². The summed E-state index contributed by atoms with van der Waals surface area (Å²) in [4.78, 5) is 29.6. The highest BCUT2D eigenvalue weighted by molar-refractivity contribution is 6.00. The smallest absolute Gasteiger partial charge is 0.251 e. The van der Waals surface area contributed by atoms with Crippen LogP contribution in [-0.4, -0.2) is 43.6 Å². The van der Waals surface area contributed by atoms with E-state index in [1.54, 1.807) is 18.2 Å². The van der Waals surface area contributed by atoms with Crippen molar-refractivity contribution in [2.45, 2.75) is 66.1 Å². The second-order valence-corrected chi connectivity index (χ2v) is 10.1. The summed E-state index contributed by atoms with van der Waals surface area (Å²) >= 11 is 0. The Morgan fingerprint density at radius 2 is 1.74 bits per heavy atom. The monoisotopic (exact) mass is 480 g/mol. The summed E-state index contributed by atoms with van der Waals surface area (Å²) in [6, 6.07) is 12.8. The lowest BCUT2D eigenvalue weighted by molar-refractivity contribution is -0.128. The summed E-state index contributed by atoms with van der Waals surface area (Å²) in [5.74, 6) is -0.846. The first-order valence-electron chi connectivity index (χ1n) is 11.7. The van der Waals surface area contributed by atoms with Gasteiger partial charge in [0.15, 0.2) is 0 Å². The van der Waals surface area contributed by atoms with Gasteiger partial charge in [-0.15, -0.1) is 10.2 Å². The predicted molar refractivity (Wildman–Crippen MR) is 133 cm³/mol. The molecule has 0 spiro atoms. The predicted octanol–water partition coefficient (Wildman–Crippen LogP) is 4.15. The number of carbonyl (C=O) groups is 2. The van der Waals surface area contributed by atoms with Crippen molar-refractivity contribution in [1.29, 1.82) is 0 Å². The minimum Gasteiger partial charge on any atom is -0.350 e. The molecule has 0 unspecified atom stereocenters. The Morgan fingerprint density at radius 3 is 2.34 bits per heavy atom. The maximum Gasteiger partial charge on any atom is 0.251 e. The quantitative estimate of drug-likeness (QED) is 0.523. The molecule has 0 aliphatic rings. The lowest BCUT2D eigenvalue weighted by atomic mass is 9.98. The Morgan fingerprint density at radius 1 is 1.09 bits per heavy atom. The number of tetrazole rings is 1. The second kappa shape index (κ2) is 10.8. The molecule has 2 aromatic carbocycles. The van der Waals surface area contributed by atoms with Gasteiger partial charge in [0, 0.05) is 11.2 Å². The zero-order valence-electron chi connectivity index (χ0n) is 21.1. The molecule has 0 bridgehead atoms. The number of hydrogen-bond donors (Lipinski definition) is 1. The summed E-state index contributed by atoms with van der Waals surface area (Å²) in [6.45, 7) is 11.4. The molecule has 0 saturated carbocycles. The van der Waals surface area contributed by atoms with E-state index in [0.29, 0.717) is 12.1 Å². The third-order valence-electron chi connectivity index (χ3n) is 5.23. The number of rotatable bonds is 8. The number of benzene rings is 2. The molecule has 1 atom stereocenters. The number of nitrogens with zero attached hydrogens (tertiary/aromatic N) is 5. The molecular weight excluding hydrogens is 447 g/mol. The van der Waals surface area contributed by atoms with Gasteiger partial charge in [0.1, 0.15) is 18.4 Å². The Balaban J connectivity index is 1.95. The second-order valence-electron chi connectivity index (χ2n) is 10.1. The summed E-state index contributed by atoms with van der Waals surface area (Å²) in [5, 5.41) is 15.1. The average Bonchev–Trinajstić information content (AvgIpc) is 3.21. The zero-order valence-corrected chi connectivity index (χ0v) is 21.1. The molecular formula is C26H33FN6O2. The number of anilines is 1. The number of halogens is 1. The van der Waals surface area contributed by atoms with E-state index >= 15 is 0 Å². The van der Waals surface area contributed by atoms with Crippen LogP contribution in [0.3, 0.4) is 0 Å². The molecule has 1 N–H and O–H groups in total. The first-order chi connectivity index (χ1) is 16.4. The van der Waals surface area contributed by atoms with Crippen molar-refractivity contribution in [2.24, 2.45) is 5.92 Å². The van der Waals surface area contributed by atoms with Gasteiger partial charge in [-0.05, 0) is 69.5 Å². The van der Waals surface area contributed by atoms with E-state index in [4.69, 9.17) is 0 Å². The highest BCUT2D eigenvalue weighted by Gasteiger charge is 2.34. The number of aryl methyl sites for hydroxylation is 1. The molecule has 1 heterocycles. The third-order valence-corrected chi connectivity index (χ3v) is 5.23. The van der Waals surface area contributed by atoms with Crippen LogP contribution in [0, 0.1) is 18.7 Å². The lowest BCUT2D eigenvalue weighted by Gasteiger charge is -2.34. The maximum atomic E-state index is 14.1. The molecule has 0 saturated heterocycles.